The summed E-state index contributed by atoms with van der Waals surface area (Å²) in [5.41, 5.74) is 4.28. The number of halogens is 1. The molecule has 1 aliphatic heterocycles. The number of carbonyl (C=O) groups excluding carboxylic acids is 2. The van der Waals surface area contributed by atoms with Gasteiger partial charge in [-0.3, -0.25) is 9.59 Å². The van der Waals surface area contributed by atoms with E-state index in [4.69, 9.17) is 0 Å². The van der Waals surface area contributed by atoms with Crippen LogP contribution in [0, 0.1) is 0 Å². The number of thiophene rings is 1. The minimum atomic E-state index is -0.127. The Hall–Kier alpha value is -2.44. The van der Waals surface area contributed by atoms with Crippen molar-refractivity contribution in [2.75, 3.05) is 19.6 Å². The average molecular weight is 568 g/mol. The minimum Gasteiger partial charge on any atom is -0.330 e. The fraction of sp³-hybridized carbons (Fsp3) is 0.400. The molecule has 0 fully saturated rings. The molecule has 4 rings (SSSR count). The van der Waals surface area contributed by atoms with E-state index in [0.717, 1.165) is 29.3 Å². The van der Waals surface area contributed by atoms with E-state index in [-0.39, 0.29) is 29.8 Å². The van der Waals surface area contributed by atoms with Crippen molar-refractivity contribution in [1.82, 2.24) is 9.80 Å². The van der Waals surface area contributed by atoms with Gasteiger partial charge in [0.05, 0.1) is 6.04 Å². The monoisotopic (exact) mass is 566 g/mol. The zero-order valence-corrected chi connectivity index (χ0v) is 24.0. The highest BCUT2D eigenvalue weighted by Crippen LogP contribution is 2.38. The molecule has 3 aromatic rings. The highest BCUT2D eigenvalue weighted by atomic mass is 79.9. The van der Waals surface area contributed by atoms with Crippen LogP contribution in [0.4, 0.5) is 0 Å². The molecule has 1 unspecified atom stereocenters. The fourth-order valence-corrected chi connectivity index (χ4v) is 5.91. The molecular formula is C30H35BrN2O2S. The summed E-state index contributed by atoms with van der Waals surface area (Å²) < 4.78 is 0.926. The summed E-state index contributed by atoms with van der Waals surface area (Å²) in [5.74, 6) is -0.0954. The molecule has 4 nitrogen and oxygen atoms in total. The summed E-state index contributed by atoms with van der Waals surface area (Å²) in [7, 11) is 0. The molecule has 0 radical (unpaired) electrons. The molecule has 2 aromatic carbocycles. The smallest absolute Gasteiger partial charge is 0.254 e. The lowest BCUT2D eigenvalue weighted by Gasteiger charge is -2.38. The van der Waals surface area contributed by atoms with Gasteiger partial charge in [-0.05, 0) is 70.7 Å². The zero-order valence-electron chi connectivity index (χ0n) is 21.6. The van der Waals surface area contributed by atoms with Crippen molar-refractivity contribution in [2.45, 2.75) is 58.4 Å². The molecule has 36 heavy (non-hydrogen) atoms. The topological polar surface area (TPSA) is 40.6 Å². The molecule has 6 heteroatoms. The van der Waals surface area contributed by atoms with E-state index in [1.54, 1.807) is 16.2 Å². The van der Waals surface area contributed by atoms with Crippen molar-refractivity contribution >= 4 is 39.1 Å². The van der Waals surface area contributed by atoms with Crippen LogP contribution in [0.1, 0.15) is 78.5 Å². The average Bonchev–Trinajstić information content (AvgIpc) is 3.34. The van der Waals surface area contributed by atoms with Crippen LogP contribution in [-0.4, -0.2) is 41.2 Å². The van der Waals surface area contributed by atoms with Crippen LogP contribution in [0.3, 0.4) is 0 Å². The number of rotatable bonds is 7. The third-order valence-electron chi connectivity index (χ3n) is 6.86. The van der Waals surface area contributed by atoms with E-state index >= 15 is 0 Å². The van der Waals surface area contributed by atoms with Gasteiger partial charge in [0.25, 0.3) is 5.91 Å². The van der Waals surface area contributed by atoms with E-state index in [0.29, 0.717) is 18.7 Å². The van der Waals surface area contributed by atoms with Crippen LogP contribution in [0.15, 0.2) is 64.5 Å². The van der Waals surface area contributed by atoms with Gasteiger partial charge in [-0.15, -0.1) is 11.3 Å². The summed E-state index contributed by atoms with van der Waals surface area (Å²) in [4.78, 5) is 32.2. The number of benzene rings is 2. The first-order valence-corrected chi connectivity index (χ1v) is 14.4. The van der Waals surface area contributed by atoms with Gasteiger partial charge in [0, 0.05) is 28.0 Å². The number of carbonyl (C=O) groups is 2. The SMILES string of the molecule is CCCCN(CC(=O)N1CCc2sccc2C1c1ccc(C(C)(C)C)cc1)C(=O)c1ccc(Br)cc1. The molecule has 0 saturated carbocycles. The Morgan fingerprint density at radius 2 is 1.75 bits per heavy atom. The van der Waals surface area contributed by atoms with Crippen molar-refractivity contribution in [3.05, 3.63) is 91.6 Å². The lowest BCUT2D eigenvalue weighted by Crippen LogP contribution is -2.47. The predicted octanol–water partition coefficient (Wildman–Crippen LogP) is 7.22. The predicted molar refractivity (Wildman–Crippen MR) is 152 cm³/mol. The lowest BCUT2D eigenvalue weighted by molar-refractivity contribution is -0.134. The van der Waals surface area contributed by atoms with E-state index in [2.05, 4.69) is 79.3 Å². The van der Waals surface area contributed by atoms with Crippen LogP contribution in [0.5, 0.6) is 0 Å². The van der Waals surface area contributed by atoms with Crippen molar-refractivity contribution in [2.24, 2.45) is 0 Å². The van der Waals surface area contributed by atoms with Gasteiger partial charge >= 0.3 is 0 Å². The van der Waals surface area contributed by atoms with Gasteiger partial charge in [-0.25, -0.2) is 0 Å². The highest BCUT2D eigenvalue weighted by Gasteiger charge is 2.34. The van der Waals surface area contributed by atoms with Crippen molar-refractivity contribution in [1.29, 1.82) is 0 Å². The molecule has 1 aromatic heterocycles. The molecule has 0 aliphatic carbocycles. The quantitative estimate of drug-likeness (QED) is 0.302. The number of hydrogen-bond donors (Lipinski definition) is 0. The Balaban J connectivity index is 1.61. The first-order chi connectivity index (χ1) is 17.2. The van der Waals surface area contributed by atoms with Gasteiger partial charge in [-0.2, -0.15) is 0 Å². The maximum absolute atomic E-state index is 13.8. The van der Waals surface area contributed by atoms with Crippen LogP contribution in [0.25, 0.3) is 0 Å². The molecule has 0 spiro atoms. The van der Waals surface area contributed by atoms with Crippen LogP contribution < -0.4 is 0 Å². The van der Waals surface area contributed by atoms with Crippen LogP contribution >= 0.6 is 27.3 Å². The zero-order chi connectivity index (χ0) is 25.9. The molecule has 1 atom stereocenters. The van der Waals surface area contributed by atoms with Gasteiger partial charge in [0.2, 0.25) is 5.91 Å². The summed E-state index contributed by atoms with van der Waals surface area (Å²) in [6, 6.07) is 18.1. The van der Waals surface area contributed by atoms with Crippen molar-refractivity contribution < 1.29 is 9.59 Å². The van der Waals surface area contributed by atoms with Crippen LogP contribution in [-0.2, 0) is 16.6 Å². The molecular weight excluding hydrogens is 532 g/mol. The Kier molecular flexibility index (Phi) is 8.36. The van der Waals surface area contributed by atoms with E-state index in [1.807, 2.05) is 29.2 Å². The third-order valence-corrected chi connectivity index (χ3v) is 8.39. The Morgan fingerprint density at radius 3 is 2.39 bits per heavy atom. The standard InChI is InChI=1S/C30H35BrN2O2S/c1-5-6-17-32(29(35)22-9-13-24(31)14-10-22)20-27(34)33-18-15-26-25(16-19-36-26)28(33)21-7-11-23(12-8-21)30(2,3)4/h7-14,16,19,28H,5-6,15,17-18,20H2,1-4H3. The highest BCUT2D eigenvalue weighted by molar-refractivity contribution is 9.10. The van der Waals surface area contributed by atoms with Gasteiger partial charge in [0.1, 0.15) is 6.54 Å². The number of fused-ring (bicyclic) bond motifs is 1. The normalized spacial score (nSPS) is 15.5. The molecule has 2 heterocycles. The number of unbranched alkanes of at least 4 members (excludes halogenated alkanes) is 1. The third kappa shape index (κ3) is 5.92. The Morgan fingerprint density at radius 1 is 1.06 bits per heavy atom. The van der Waals surface area contributed by atoms with Crippen LogP contribution in [0.2, 0.25) is 0 Å². The number of amides is 2. The van der Waals surface area contributed by atoms with Crippen molar-refractivity contribution in [3.8, 4) is 0 Å². The summed E-state index contributed by atoms with van der Waals surface area (Å²) in [5, 5.41) is 2.12. The first-order valence-electron chi connectivity index (χ1n) is 12.7. The second-order valence-corrected chi connectivity index (χ2v) is 12.4. The van der Waals surface area contributed by atoms with Gasteiger partial charge < -0.3 is 9.80 Å². The van der Waals surface area contributed by atoms with Gasteiger partial charge in [0.15, 0.2) is 0 Å². The number of hydrogen-bond acceptors (Lipinski definition) is 3. The van der Waals surface area contributed by atoms with Gasteiger partial charge in [-0.1, -0.05) is 74.3 Å². The van der Waals surface area contributed by atoms with E-state index < -0.39 is 0 Å². The molecule has 0 saturated heterocycles. The van der Waals surface area contributed by atoms with E-state index in [9.17, 15) is 9.59 Å². The first kappa shape index (κ1) is 26.6. The maximum Gasteiger partial charge on any atom is 0.254 e. The molecule has 0 bridgehead atoms. The molecule has 1 aliphatic rings. The maximum atomic E-state index is 13.8. The fourth-order valence-electron chi connectivity index (χ4n) is 4.74. The second kappa shape index (κ2) is 11.3. The summed E-state index contributed by atoms with van der Waals surface area (Å²) >= 11 is 5.20. The summed E-state index contributed by atoms with van der Waals surface area (Å²) in [6.45, 7) is 10.1. The lowest BCUT2D eigenvalue weighted by atomic mass is 9.85. The summed E-state index contributed by atoms with van der Waals surface area (Å²) in [6.07, 6.45) is 2.68. The van der Waals surface area contributed by atoms with E-state index in [1.165, 1.54) is 16.0 Å². The van der Waals surface area contributed by atoms with Crippen molar-refractivity contribution in [3.63, 3.8) is 0 Å². The molecule has 2 amide bonds. The molecule has 190 valence electrons. The largest absolute Gasteiger partial charge is 0.330 e. The molecule has 0 N–H and O–H groups in total. The minimum absolute atomic E-state index is 0.00156. The second-order valence-electron chi connectivity index (χ2n) is 10.5. The number of nitrogens with zero attached hydrogens (tertiary/aromatic N) is 2. The Labute approximate surface area is 227 Å². The Bertz CT molecular complexity index is 1190.